The average molecular weight is 359 g/mol. The highest BCUT2D eigenvalue weighted by molar-refractivity contribution is 6.04. The van der Waals surface area contributed by atoms with Crippen LogP contribution in [0.15, 0.2) is 29.1 Å². The summed E-state index contributed by atoms with van der Waals surface area (Å²) in [5.74, 6) is -1.32. The highest BCUT2D eigenvalue weighted by Gasteiger charge is 2.31. The number of hydrogen-bond acceptors (Lipinski definition) is 5. The molecule has 0 unspecified atom stereocenters. The van der Waals surface area contributed by atoms with Gasteiger partial charge in [0, 0.05) is 18.5 Å². The van der Waals surface area contributed by atoms with Crippen molar-refractivity contribution < 1.29 is 19.4 Å². The third-order valence-corrected chi connectivity index (χ3v) is 4.24. The van der Waals surface area contributed by atoms with Gasteiger partial charge in [0.05, 0.1) is 18.5 Å². The Morgan fingerprint density at radius 2 is 2.00 bits per heavy atom. The lowest BCUT2D eigenvalue weighted by molar-refractivity contribution is -0.154. The highest BCUT2D eigenvalue weighted by Crippen LogP contribution is 2.17. The molecule has 1 aliphatic heterocycles. The molecule has 1 fully saturated rings. The lowest BCUT2D eigenvalue weighted by Gasteiger charge is -2.30. The van der Waals surface area contributed by atoms with Crippen molar-refractivity contribution in [2.24, 2.45) is 5.92 Å². The molecule has 0 bridgehead atoms. The van der Waals surface area contributed by atoms with Crippen molar-refractivity contribution in [3.63, 3.8) is 0 Å². The van der Waals surface area contributed by atoms with Crippen molar-refractivity contribution >= 4 is 22.6 Å². The smallest absolute Gasteiger partial charge is 0.334 e. The topological polar surface area (TPSA) is 102 Å². The molecule has 0 aliphatic carbocycles. The number of morpholine rings is 1. The SMILES string of the molecule is CC(C)Cn1nc(C(=O)N2CCO[C@H](C(=O)O)C2)c2ccccc2c1=O. The predicted octanol–water partition coefficient (Wildman–Crippen LogP) is 0.978. The van der Waals surface area contributed by atoms with Crippen LogP contribution >= 0.6 is 0 Å². The van der Waals surface area contributed by atoms with Crippen molar-refractivity contribution in [2.45, 2.75) is 26.5 Å². The molecular weight excluding hydrogens is 338 g/mol. The fraction of sp³-hybridized carbons (Fsp3) is 0.444. The summed E-state index contributed by atoms with van der Waals surface area (Å²) >= 11 is 0. The van der Waals surface area contributed by atoms with Gasteiger partial charge in [-0.25, -0.2) is 9.48 Å². The van der Waals surface area contributed by atoms with Crippen LogP contribution in [0.5, 0.6) is 0 Å². The Kier molecular flexibility index (Phi) is 5.03. The van der Waals surface area contributed by atoms with E-state index in [0.29, 0.717) is 17.3 Å². The highest BCUT2D eigenvalue weighted by atomic mass is 16.5. The molecule has 0 saturated carbocycles. The van der Waals surface area contributed by atoms with Crippen LogP contribution in [0, 0.1) is 5.92 Å². The standard InChI is InChI=1S/C18H21N3O5/c1-11(2)9-21-16(22)13-6-4-3-5-12(13)15(19-21)17(23)20-7-8-26-14(10-20)18(24)25/h3-6,11,14H,7-10H2,1-2H3,(H,24,25)/t14-/m0/s1. The van der Waals surface area contributed by atoms with Crippen molar-refractivity contribution in [1.82, 2.24) is 14.7 Å². The first-order valence-electron chi connectivity index (χ1n) is 8.52. The van der Waals surface area contributed by atoms with Gasteiger partial charge in [-0.2, -0.15) is 5.10 Å². The van der Waals surface area contributed by atoms with Gasteiger partial charge in [0.15, 0.2) is 11.8 Å². The van der Waals surface area contributed by atoms with Crippen LogP contribution in [0.1, 0.15) is 24.3 Å². The minimum absolute atomic E-state index is 0.0481. The Balaban J connectivity index is 2.05. The van der Waals surface area contributed by atoms with Gasteiger partial charge >= 0.3 is 5.97 Å². The number of rotatable bonds is 4. The Labute approximate surface area is 150 Å². The van der Waals surface area contributed by atoms with Gasteiger partial charge in [0.1, 0.15) is 0 Å². The summed E-state index contributed by atoms with van der Waals surface area (Å²) in [7, 11) is 0. The molecule has 1 atom stereocenters. The van der Waals surface area contributed by atoms with Crippen molar-refractivity contribution in [1.29, 1.82) is 0 Å². The second-order valence-corrected chi connectivity index (χ2v) is 6.72. The van der Waals surface area contributed by atoms with Crippen molar-refractivity contribution in [3.8, 4) is 0 Å². The number of carboxylic acid groups (broad SMARTS) is 1. The summed E-state index contributed by atoms with van der Waals surface area (Å²) in [4.78, 5) is 38.3. The van der Waals surface area contributed by atoms with E-state index in [1.165, 1.54) is 9.58 Å². The predicted molar refractivity (Wildman–Crippen MR) is 94.1 cm³/mol. The molecule has 0 spiro atoms. The lowest BCUT2D eigenvalue weighted by Crippen LogP contribution is -2.49. The number of amides is 1. The molecular formula is C18H21N3O5. The fourth-order valence-electron chi connectivity index (χ4n) is 3.00. The molecule has 2 aromatic rings. The first kappa shape index (κ1) is 18.1. The molecule has 1 aromatic carbocycles. The van der Waals surface area contributed by atoms with Gasteiger partial charge in [0.2, 0.25) is 0 Å². The summed E-state index contributed by atoms with van der Waals surface area (Å²) in [6.07, 6.45) is -1.06. The van der Waals surface area contributed by atoms with Gasteiger partial charge < -0.3 is 14.7 Å². The van der Waals surface area contributed by atoms with Gasteiger partial charge in [-0.05, 0) is 12.0 Å². The minimum Gasteiger partial charge on any atom is -0.479 e. The second kappa shape index (κ2) is 7.25. The number of aliphatic carboxylic acids is 1. The first-order valence-corrected chi connectivity index (χ1v) is 8.52. The average Bonchev–Trinajstić information content (AvgIpc) is 2.63. The molecule has 2 heterocycles. The van der Waals surface area contributed by atoms with Crippen LogP contribution in [-0.2, 0) is 16.1 Å². The van der Waals surface area contributed by atoms with Crippen LogP contribution in [0.3, 0.4) is 0 Å². The van der Waals surface area contributed by atoms with Crippen molar-refractivity contribution in [3.05, 3.63) is 40.3 Å². The number of carboxylic acids is 1. The number of hydrogen-bond donors (Lipinski definition) is 1. The zero-order valence-electron chi connectivity index (χ0n) is 14.7. The van der Waals surface area contributed by atoms with E-state index in [4.69, 9.17) is 9.84 Å². The Hall–Kier alpha value is -2.74. The molecule has 1 saturated heterocycles. The van der Waals surface area contributed by atoms with Crippen molar-refractivity contribution in [2.75, 3.05) is 19.7 Å². The largest absolute Gasteiger partial charge is 0.479 e. The van der Waals surface area contributed by atoms with Gasteiger partial charge in [-0.15, -0.1) is 0 Å². The fourth-order valence-corrected chi connectivity index (χ4v) is 3.00. The maximum atomic E-state index is 13.0. The molecule has 1 aromatic heterocycles. The van der Waals surface area contributed by atoms with E-state index in [2.05, 4.69) is 5.10 Å². The number of nitrogens with zero attached hydrogens (tertiary/aromatic N) is 3. The van der Waals surface area contributed by atoms with Gasteiger partial charge in [0.25, 0.3) is 11.5 Å². The Morgan fingerprint density at radius 1 is 1.31 bits per heavy atom. The van der Waals surface area contributed by atoms with Crippen LogP contribution in [0.25, 0.3) is 10.8 Å². The summed E-state index contributed by atoms with van der Waals surface area (Å²) in [5, 5.41) is 14.3. The molecule has 1 aliphatic rings. The van der Waals surface area contributed by atoms with Gasteiger partial charge in [-0.3, -0.25) is 9.59 Å². The van der Waals surface area contributed by atoms with E-state index in [1.54, 1.807) is 24.3 Å². The van der Waals surface area contributed by atoms with E-state index in [9.17, 15) is 14.4 Å². The summed E-state index contributed by atoms with van der Waals surface area (Å²) in [6.45, 7) is 4.70. The zero-order chi connectivity index (χ0) is 18.8. The van der Waals surface area contributed by atoms with Crippen LogP contribution < -0.4 is 5.56 Å². The monoisotopic (exact) mass is 359 g/mol. The van der Waals surface area contributed by atoms with Crippen LogP contribution in [0.2, 0.25) is 0 Å². The molecule has 8 heteroatoms. The lowest BCUT2D eigenvalue weighted by atomic mass is 10.1. The van der Waals surface area contributed by atoms with E-state index < -0.39 is 18.0 Å². The number of carbonyl (C=O) groups excluding carboxylic acids is 1. The quantitative estimate of drug-likeness (QED) is 0.873. The number of carbonyl (C=O) groups is 2. The molecule has 8 nitrogen and oxygen atoms in total. The molecule has 1 amide bonds. The summed E-state index contributed by atoms with van der Waals surface area (Å²) in [5.41, 5.74) is -0.0804. The van der Waals surface area contributed by atoms with E-state index in [0.717, 1.165) is 0 Å². The molecule has 3 rings (SSSR count). The van der Waals surface area contributed by atoms with E-state index >= 15 is 0 Å². The zero-order valence-corrected chi connectivity index (χ0v) is 14.7. The maximum absolute atomic E-state index is 13.0. The molecule has 0 radical (unpaired) electrons. The van der Waals surface area contributed by atoms with Gasteiger partial charge in [-0.1, -0.05) is 32.0 Å². The first-order chi connectivity index (χ1) is 12.4. The molecule has 26 heavy (non-hydrogen) atoms. The Morgan fingerprint density at radius 3 is 2.65 bits per heavy atom. The van der Waals surface area contributed by atoms with Crippen LogP contribution in [0.4, 0.5) is 0 Å². The minimum atomic E-state index is -1.11. The van der Waals surface area contributed by atoms with E-state index in [1.807, 2.05) is 13.8 Å². The number of benzene rings is 1. The summed E-state index contributed by atoms with van der Waals surface area (Å²) in [6, 6.07) is 6.84. The second-order valence-electron chi connectivity index (χ2n) is 6.72. The number of aromatic nitrogens is 2. The van der Waals surface area contributed by atoms with E-state index in [-0.39, 0.29) is 36.9 Å². The Bertz CT molecular complexity index is 905. The summed E-state index contributed by atoms with van der Waals surface area (Å²) < 4.78 is 6.48. The number of fused-ring (bicyclic) bond motifs is 1. The third-order valence-electron chi connectivity index (χ3n) is 4.24. The number of ether oxygens (including phenoxy) is 1. The van der Waals surface area contributed by atoms with Crippen LogP contribution in [-0.4, -0.2) is 57.5 Å². The maximum Gasteiger partial charge on any atom is 0.334 e. The third kappa shape index (κ3) is 3.45. The normalized spacial score (nSPS) is 17.7. The molecule has 138 valence electrons. The molecule has 1 N–H and O–H groups in total.